The van der Waals surface area contributed by atoms with Gasteiger partial charge in [0, 0.05) is 0 Å². The number of rotatable bonds is 0. The van der Waals surface area contributed by atoms with Crippen LogP contribution in [0.3, 0.4) is 0 Å². The summed E-state index contributed by atoms with van der Waals surface area (Å²) in [4.78, 5) is 0. The monoisotopic (exact) mass is 204 g/mol. The molecule has 4 aliphatic rings. The lowest BCUT2D eigenvalue weighted by molar-refractivity contribution is -0.123. The Morgan fingerprint density at radius 1 is 1.20 bits per heavy atom. The normalized spacial score (nSPS) is 58.3. The Balaban J connectivity index is 2.11. The van der Waals surface area contributed by atoms with E-state index in [0.717, 1.165) is 17.8 Å². The highest BCUT2D eigenvalue weighted by molar-refractivity contribution is 5.28. The predicted molar refractivity (Wildman–Crippen MR) is 64.6 cm³/mol. The van der Waals surface area contributed by atoms with Gasteiger partial charge in [0.1, 0.15) is 0 Å². The van der Waals surface area contributed by atoms with Gasteiger partial charge in [-0.05, 0) is 60.7 Å². The topological polar surface area (TPSA) is 0 Å². The van der Waals surface area contributed by atoms with Crippen molar-refractivity contribution in [1.82, 2.24) is 0 Å². The van der Waals surface area contributed by atoms with E-state index in [1.165, 1.54) is 32.1 Å². The number of allylic oxidation sites excluding steroid dienone is 1. The summed E-state index contributed by atoms with van der Waals surface area (Å²) in [6.45, 7) is 12.0. The smallest absolute Gasteiger partial charge is 0.00597 e. The van der Waals surface area contributed by atoms with Crippen molar-refractivity contribution in [1.29, 1.82) is 0 Å². The van der Waals surface area contributed by atoms with Gasteiger partial charge in [-0.25, -0.2) is 0 Å². The van der Waals surface area contributed by atoms with Crippen molar-refractivity contribution >= 4 is 0 Å². The summed E-state index contributed by atoms with van der Waals surface area (Å²) in [6, 6.07) is 0. The zero-order chi connectivity index (χ0) is 10.8. The lowest BCUT2D eigenvalue weighted by Crippen LogP contribution is -2.58. The highest BCUT2D eigenvalue weighted by atomic mass is 14.7. The van der Waals surface area contributed by atoms with E-state index in [1.807, 2.05) is 0 Å². The summed E-state index contributed by atoms with van der Waals surface area (Å²) in [6.07, 6.45) is 7.17. The van der Waals surface area contributed by atoms with Gasteiger partial charge in [-0.2, -0.15) is 0 Å². The van der Waals surface area contributed by atoms with Crippen LogP contribution < -0.4 is 0 Å². The summed E-state index contributed by atoms with van der Waals surface area (Å²) < 4.78 is 0. The van der Waals surface area contributed by atoms with Crippen molar-refractivity contribution in [3.05, 3.63) is 12.2 Å². The van der Waals surface area contributed by atoms with E-state index in [2.05, 4.69) is 27.4 Å². The van der Waals surface area contributed by atoms with Gasteiger partial charge in [0.2, 0.25) is 0 Å². The summed E-state index contributed by atoms with van der Waals surface area (Å²) >= 11 is 0. The van der Waals surface area contributed by atoms with Crippen LogP contribution in [0.15, 0.2) is 12.2 Å². The third-order valence-electron chi connectivity index (χ3n) is 6.62. The Labute approximate surface area is 94.1 Å². The van der Waals surface area contributed by atoms with Crippen molar-refractivity contribution in [3.63, 3.8) is 0 Å². The van der Waals surface area contributed by atoms with E-state index in [0.29, 0.717) is 10.8 Å². The summed E-state index contributed by atoms with van der Waals surface area (Å²) in [7, 11) is 0. The summed E-state index contributed by atoms with van der Waals surface area (Å²) in [5, 5.41) is 0. The zero-order valence-corrected chi connectivity index (χ0v) is 10.5. The zero-order valence-electron chi connectivity index (χ0n) is 10.5. The van der Waals surface area contributed by atoms with Gasteiger partial charge < -0.3 is 0 Å². The Morgan fingerprint density at radius 3 is 2.67 bits per heavy atom. The molecule has 84 valence electrons. The van der Waals surface area contributed by atoms with Gasteiger partial charge in [-0.1, -0.05) is 32.9 Å². The van der Waals surface area contributed by atoms with E-state index < -0.39 is 0 Å². The second-order valence-corrected chi connectivity index (χ2v) is 6.87. The molecule has 0 N–H and O–H groups in total. The van der Waals surface area contributed by atoms with Crippen LogP contribution in [0.5, 0.6) is 0 Å². The van der Waals surface area contributed by atoms with Gasteiger partial charge >= 0.3 is 0 Å². The molecule has 0 saturated heterocycles. The van der Waals surface area contributed by atoms with Crippen LogP contribution in [0.2, 0.25) is 0 Å². The van der Waals surface area contributed by atoms with Gasteiger partial charge in [-0.15, -0.1) is 0 Å². The minimum absolute atomic E-state index is 0.478. The molecule has 0 unspecified atom stereocenters. The quantitative estimate of drug-likeness (QED) is 0.513. The lowest BCUT2D eigenvalue weighted by Gasteiger charge is -2.67. The first-order valence-corrected chi connectivity index (χ1v) is 6.68. The Bertz CT molecular complexity index is 316. The molecule has 0 radical (unpaired) electrons. The maximum Gasteiger partial charge on any atom is -0.00597 e. The lowest BCUT2D eigenvalue weighted by atomic mass is 9.37. The second kappa shape index (κ2) is 2.70. The molecule has 0 nitrogen and oxygen atoms in total. The predicted octanol–water partition coefficient (Wildman–Crippen LogP) is 4.42. The van der Waals surface area contributed by atoms with Crippen LogP contribution in [0.25, 0.3) is 0 Å². The molecule has 5 atom stereocenters. The molecule has 0 aliphatic heterocycles. The first-order valence-electron chi connectivity index (χ1n) is 6.68. The molecule has 0 amide bonds. The first kappa shape index (κ1) is 9.93. The van der Waals surface area contributed by atoms with E-state index in [4.69, 9.17) is 0 Å². The number of fused-ring (bicyclic) bond motifs is 1. The molecular weight excluding hydrogens is 180 g/mol. The molecule has 0 aromatic rings. The van der Waals surface area contributed by atoms with Crippen molar-refractivity contribution in [3.8, 4) is 0 Å². The molecule has 4 aliphatic carbocycles. The molecule has 4 rings (SSSR count). The molecule has 4 saturated carbocycles. The third kappa shape index (κ3) is 0.946. The van der Waals surface area contributed by atoms with Crippen LogP contribution in [0.4, 0.5) is 0 Å². The van der Waals surface area contributed by atoms with Crippen LogP contribution in [-0.4, -0.2) is 0 Å². The molecule has 0 heteroatoms. The van der Waals surface area contributed by atoms with Gasteiger partial charge in [0.15, 0.2) is 0 Å². The third-order valence-corrected chi connectivity index (χ3v) is 6.62. The second-order valence-electron chi connectivity index (χ2n) is 6.87. The fourth-order valence-electron chi connectivity index (χ4n) is 5.19. The maximum atomic E-state index is 4.46. The fourth-order valence-corrected chi connectivity index (χ4v) is 5.19. The van der Waals surface area contributed by atoms with Gasteiger partial charge in [0.25, 0.3) is 0 Å². The molecule has 4 fully saturated rings. The average molecular weight is 204 g/mol. The molecule has 4 bridgehead atoms. The van der Waals surface area contributed by atoms with Crippen molar-refractivity contribution in [2.45, 2.75) is 52.9 Å². The van der Waals surface area contributed by atoms with Crippen LogP contribution >= 0.6 is 0 Å². The van der Waals surface area contributed by atoms with E-state index in [9.17, 15) is 0 Å². The van der Waals surface area contributed by atoms with Crippen LogP contribution in [-0.2, 0) is 0 Å². The fraction of sp³-hybridized carbons (Fsp3) is 0.867. The van der Waals surface area contributed by atoms with Crippen LogP contribution in [0, 0.1) is 28.6 Å². The summed E-state index contributed by atoms with van der Waals surface area (Å²) in [5.74, 6) is 2.81. The van der Waals surface area contributed by atoms with Crippen LogP contribution in [0.1, 0.15) is 52.9 Å². The standard InChI is InChI=1S/C15H24/c1-10-5-7-14(3)11(2)12-6-8-15(14,4)13(10)9-12/h10,12-13H,2,5-9H2,1,3-4H3/t10-,12+,13-,14-,15-/m1/s1. The van der Waals surface area contributed by atoms with Gasteiger partial charge in [-0.3, -0.25) is 0 Å². The molecule has 0 heterocycles. The first-order chi connectivity index (χ1) is 6.99. The Morgan fingerprint density at radius 2 is 1.93 bits per heavy atom. The molecule has 0 spiro atoms. The summed E-state index contributed by atoms with van der Waals surface area (Å²) in [5.41, 5.74) is 2.67. The van der Waals surface area contributed by atoms with Crippen molar-refractivity contribution in [2.24, 2.45) is 28.6 Å². The average Bonchev–Trinajstić information content (AvgIpc) is 2.21. The SMILES string of the molecule is C=C1[C@H]2CC[C@]3(C)[C@H](C2)[C@H](C)CC[C@]13C. The molecule has 0 aromatic heterocycles. The Kier molecular flexibility index (Phi) is 1.79. The maximum absolute atomic E-state index is 4.46. The highest BCUT2D eigenvalue weighted by Gasteiger charge is 2.61. The van der Waals surface area contributed by atoms with Gasteiger partial charge in [0.05, 0.1) is 0 Å². The van der Waals surface area contributed by atoms with E-state index in [1.54, 1.807) is 5.57 Å². The minimum atomic E-state index is 0.478. The molecule has 15 heavy (non-hydrogen) atoms. The largest absolute Gasteiger partial charge is 0.0990 e. The molecular formula is C15H24. The number of hydrogen-bond acceptors (Lipinski definition) is 0. The van der Waals surface area contributed by atoms with E-state index in [-0.39, 0.29) is 0 Å². The van der Waals surface area contributed by atoms with E-state index >= 15 is 0 Å². The van der Waals surface area contributed by atoms with Crippen molar-refractivity contribution < 1.29 is 0 Å². The Hall–Kier alpha value is -0.260. The highest BCUT2D eigenvalue weighted by Crippen LogP contribution is 2.70. The molecule has 0 aromatic carbocycles. The van der Waals surface area contributed by atoms with Crippen molar-refractivity contribution in [2.75, 3.05) is 0 Å². The number of hydrogen-bond donors (Lipinski definition) is 0. The minimum Gasteiger partial charge on any atom is -0.0990 e.